The number of carbonyl (C=O) groups excluding carboxylic acids is 2. The SMILES string of the molecule is CN(Cc1ccccc1[N+](=O)[O-])C(=O)c1ccc(N2CCCC2=O)cc1. The molecule has 7 nitrogen and oxygen atoms in total. The van der Waals surface area contributed by atoms with Crippen molar-refractivity contribution in [3.63, 3.8) is 0 Å². The van der Waals surface area contributed by atoms with E-state index in [-0.39, 0.29) is 24.0 Å². The van der Waals surface area contributed by atoms with Gasteiger partial charge in [-0.1, -0.05) is 18.2 Å². The molecule has 1 aliphatic heterocycles. The summed E-state index contributed by atoms with van der Waals surface area (Å²) < 4.78 is 0. The number of para-hydroxylation sites is 1. The molecular formula is C19H19N3O4. The van der Waals surface area contributed by atoms with Gasteiger partial charge in [0.25, 0.3) is 11.6 Å². The highest BCUT2D eigenvalue weighted by molar-refractivity contribution is 5.97. The molecule has 3 rings (SSSR count). The van der Waals surface area contributed by atoms with Crippen LogP contribution in [0, 0.1) is 10.1 Å². The van der Waals surface area contributed by atoms with E-state index in [0.717, 1.165) is 12.1 Å². The molecule has 0 aromatic heterocycles. The highest BCUT2D eigenvalue weighted by Gasteiger charge is 2.22. The summed E-state index contributed by atoms with van der Waals surface area (Å²) in [5.74, 6) is -0.139. The molecule has 0 N–H and O–H groups in total. The van der Waals surface area contributed by atoms with Crippen LogP contribution in [0.5, 0.6) is 0 Å². The number of nitro groups is 1. The highest BCUT2D eigenvalue weighted by atomic mass is 16.6. The van der Waals surface area contributed by atoms with Crippen molar-refractivity contribution in [2.75, 3.05) is 18.5 Å². The zero-order valence-corrected chi connectivity index (χ0v) is 14.4. The molecule has 0 saturated carbocycles. The zero-order valence-electron chi connectivity index (χ0n) is 14.4. The van der Waals surface area contributed by atoms with Crippen molar-refractivity contribution in [2.45, 2.75) is 19.4 Å². The highest BCUT2D eigenvalue weighted by Crippen LogP contribution is 2.23. The van der Waals surface area contributed by atoms with E-state index in [9.17, 15) is 19.7 Å². The van der Waals surface area contributed by atoms with Crippen molar-refractivity contribution >= 4 is 23.2 Å². The van der Waals surface area contributed by atoms with E-state index in [1.807, 2.05) is 0 Å². The number of benzene rings is 2. The van der Waals surface area contributed by atoms with Crippen LogP contribution >= 0.6 is 0 Å². The number of amides is 2. The lowest BCUT2D eigenvalue weighted by atomic mass is 10.1. The van der Waals surface area contributed by atoms with E-state index in [1.165, 1.54) is 11.0 Å². The molecule has 0 aliphatic carbocycles. The van der Waals surface area contributed by atoms with Crippen LogP contribution in [0.4, 0.5) is 11.4 Å². The van der Waals surface area contributed by atoms with E-state index in [1.54, 1.807) is 54.4 Å². The van der Waals surface area contributed by atoms with Crippen LogP contribution in [0.1, 0.15) is 28.8 Å². The van der Waals surface area contributed by atoms with Crippen LogP contribution in [-0.2, 0) is 11.3 Å². The molecule has 1 saturated heterocycles. The van der Waals surface area contributed by atoms with Gasteiger partial charge in [-0.3, -0.25) is 19.7 Å². The predicted molar refractivity (Wildman–Crippen MR) is 96.9 cm³/mol. The third-order valence-electron chi connectivity index (χ3n) is 4.44. The monoisotopic (exact) mass is 353 g/mol. The third kappa shape index (κ3) is 3.56. The van der Waals surface area contributed by atoms with Crippen molar-refractivity contribution in [2.24, 2.45) is 0 Å². The van der Waals surface area contributed by atoms with Crippen molar-refractivity contribution in [1.82, 2.24) is 4.90 Å². The first-order valence-corrected chi connectivity index (χ1v) is 8.35. The number of anilines is 1. The molecule has 1 aliphatic rings. The summed E-state index contributed by atoms with van der Waals surface area (Å²) >= 11 is 0. The van der Waals surface area contributed by atoms with Gasteiger partial charge in [0.05, 0.1) is 11.5 Å². The Kier molecular flexibility index (Phi) is 4.97. The van der Waals surface area contributed by atoms with Crippen molar-refractivity contribution < 1.29 is 14.5 Å². The lowest BCUT2D eigenvalue weighted by Gasteiger charge is -2.19. The molecule has 134 valence electrons. The molecule has 2 aromatic rings. The smallest absolute Gasteiger partial charge is 0.274 e. The molecule has 0 radical (unpaired) electrons. The molecule has 0 unspecified atom stereocenters. The number of nitrogens with zero attached hydrogens (tertiary/aromatic N) is 3. The Labute approximate surface area is 151 Å². The van der Waals surface area contributed by atoms with Crippen LogP contribution in [0.3, 0.4) is 0 Å². The first-order chi connectivity index (χ1) is 12.5. The molecule has 2 aromatic carbocycles. The van der Waals surface area contributed by atoms with Gasteiger partial charge in [0, 0.05) is 42.9 Å². The lowest BCUT2D eigenvalue weighted by Crippen LogP contribution is -2.27. The first kappa shape index (κ1) is 17.6. The Morgan fingerprint density at radius 3 is 2.50 bits per heavy atom. The second-order valence-electron chi connectivity index (χ2n) is 6.24. The molecule has 0 spiro atoms. The van der Waals surface area contributed by atoms with E-state index in [0.29, 0.717) is 24.1 Å². The number of hydrogen-bond acceptors (Lipinski definition) is 4. The molecule has 26 heavy (non-hydrogen) atoms. The number of nitro benzene ring substituents is 1. The molecule has 1 fully saturated rings. The minimum absolute atomic E-state index is 0.00459. The standard InChI is InChI=1S/C19H19N3O4/c1-20(13-15-5-2-3-6-17(15)22(25)26)19(24)14-8-10-16(11-9-14)21-12-4-7-18(21)23/h2-3,5-6,8-11H,4,7,12-13H2,1H3. The average molecular weight is 353 g/mol. The molecule has 7 heteroatoms. The van der Waals surface area contributed by atoms with Gasteiger partial charge in [-0.15, -0.1) is 0 Å². The summed E-state index contributed by atoms with van der Waals surface area (Å²) in [4.78, 5) is 38.2. The summed E-state index contributed by atoms with van der Waals surface area (Å²) in [5.41, 5.74) is 1.73. The zero-order chi connectivity index (χ0) is 18.7. The van der Waals surface area contributed by atoms with Gasteiger partial charge < -0.3 is 9.80 Å². The summed E-state index contributed by atoms with van der Waals surface area (Å²) in [6.45, 7) is 0.839. The van der Waals surface area contributed by atoms with E-state index in [4.69, 9.17) is 0 Å². The van der Waals surface area contributed by atoms with E-state index >= 15 is 0 Å². The maximum absolute atomic E-state index is 12.6. The van der Waals surface area contributed by atoms with Gasteiger partial charge in [-0.05, 0) is 30.7 Å². The summed E-state index contributed by atoms with van der Waals surface area (Å²) in [6.07, 6.45) is 1.40. The Hall–Kier alpha value is -3.22. The van der Waals surface area contributed by atoms with Crippen LogP contribution < -0.4 is 4.90 Å². The minimum Gasteiger partial charge on any atom is -0.337 e. The Morgan fingerprint density at radius 2 is 1.88 bits per heavy atom. The van der Waals surface area contributed by atoms with Crippen molar-refractivity contribution in [3.05, 3.63) is 69.8 Å². The van der Waals surface area contributed by atoms with Gasteiger partial charge in [0.15, 0.2) is 0 Å². The number of hydrogen-bond donors (Lipinski definition) is 0. The fourth-order valence-corrected chi connectivity index (χ4v) is 3.08. The lowest BCUT2D eigenvalue weighted by molar-refractivity contribution is -0.385. The molecule has 0 bridgehead atoms. The number of carbonyl (C=O) groups is 2. The maximum Gasteiger partial charge on any atom is 0.274 e. The Bertz CT molecular complexity index is 848. The molecule has 0 atom stereocenters. The van der Waals surface area contributed by atoms with Crippen LogP contribution in [0.2, 0.25) is 0 Å². The second kappa shape index (κ2) is 7.35. The maximum atomic E-state index is 12.6. The summed E-state index contributed by atoms with van der Waals surface area (Å²) in [5, 5.41) is 11.1. The van der Waals surface area contributed by atoms with Gasteiger partial charge in [0.1, 0.15) is 0 Å². The van der Waals surface area contributed by atoms with Crippen molar-refractivity contribution in [3.8, 4) is 0 Å². The van der Waals surface area contributed by atoms with Crippen LogP contribution in [-0.4, -0.2) is 35.2 Å². The third-order valence-corrected chi connectivity index (χ3v) is 4.44. The van der Waals surface area contributed by atoms with Gasteiger partial charge >= 0.3 is 0 Å². The quantitative estimate of drug-likeness (QED) is 0.611. The van der Waals surface area contributed by atoms with Crippen molar-refractivity contribution in [1.29, 1.82) is 0 Å². The molecule has 1 heterocycles. The Balaban J connectivity index is 1.73. The second-order valence-corrected chi connectivity index (χ2v) is 6.24. The summed E-state index contributed by atoms with van der Waals surface area (Å²) in [6, 6.07) is 13.3. The minimum atomic E-state index is -0.449. The summed E-state index contributed by atoms with van der Waals surface area (Å²) in [7, 11) is 1.61. The van der Waals surface area contributed by atoms with Crippen LogP contribution in [0.15, 0.2) is 48.5 Å². The average Bonchev–Trinajstić information content (AvgIpc) is 3.07. The largest absolute Gasteiger partial charge is 0.337 e. The fraction of sp³-hybridized carbons (Fsp3) is 0.263. The molecule has 2 amide bonds. The fourth-order valence-electron chi connectivity index (χ4n) is 3.08. The van der Waals surface area contributed by atoms with E-state index in [2.05, 4.69) is 0 Å². The molecular weight excluding hydrogens is 334 g/mol. The van der Waals surface area contributed by atoms with Gasteiger partial charge in [-0.2, -0.15) is 0 Å². The van der Waals surface area contributed by atoms with Gasteiger partial charge in [-0.25, -0.2) is 0 Å². The Morgan fingerprint density at radius 1 is 1.19 bits per heavy atom. The van der Waals surface area contributed by atoms with E-state index < -0.39 is 4.92 Å². The topological polar surface area (TPSA) is 83.8 Å². The predicted octanol–water partition coefficient (Wildman–Crippen LogP) is 2.99. The first-order valence-electron chi connectivity index (χ1n) is 8.35. The normalized spacial score (nSPS) is 13.7. The van der Waals surface area contributed by atoms with Crippen LogP contribution in [0.25, 0.3) is 0 Å². The van der Waals surface area contributed by atoms with Gasteiger partial charge in [0.2, 0.25) is 5.91 Å². The number of rotatable bonds is 5.